The van der Waals surface area contributed by atoms with Gasteiger partial charge in [-0.3, -0.25) is 0 Å². The zero-order chi connectivity index (χ0) is 17.5. The molecule has 1 aromatic heterocycles. The predicted molar refractivity (Wildman–Crippen MR) is 89.2 cm³/mol. The van der Waals surface area contributed by atoms with E-state index in [0.717, 1.165) is 29.3 Å². The van der Waals surface area contributed by atoms with Gasteiger partial charge in [0.2, 0.25) is 0 Å². The highest BCUT2D eigenvalue weighted by Gasteiger charge is 2.36. The Kier molecular flexibility index (Phi) is 4.11. The Labute approximate surface area is 139 Å². The molecule has 1 unspecified atom stereocenters. The zero-order valence-electron chi connectivity index (χ0n) is 13.9. The number of hydrogen-bond acceptors (Lipinski definition) is 1. The van der Waals surface area contributed by atoms with Gasteiger partial charge in [0, 0.05) is 17.2 Å². The minimum absolute atomic E-state index is 0.111. The topological polar surface area (TPSA) is 17.8 Å². The molecule has 1 atom stereocenters. The smallest absolute Gasteiger partial charge is 0.236 e. The van der Waals surface area contributed by atoms with Crippen LogP contribution in [0.5, 0.6) is 0 Å². The number of nitrogens with zero attached hydrogens (tertiary/aromatic N) is 2. The van der Waals surface area contributed by atoms with Gasteiger partial charge in [0.1, 0.15) is 0 Å². The molecule has 0 bridgehead atoms. The summed E-state index contributed by atoms with van der Waals surface area (Å²) < 4.78 is 41.0. The van der Waals surface area contributed by atoms with Crippen molar-refractivity contribution < 1.29 is 13.2 Å². The molecule has 0 aliphatic heterocycles. The largest absolute Gasteiger partial charge is 0.435 e. The molecule has 0 saturated carbocycles. The van der Waals surface area contributed by atoms with Gasteiger partial charge in [0.15, 0.2) is 5.69 Å². The molecular weight excluding hydrogens is 313 g/mol. The summed E-state index contributed by atoms with van der Waals surface area (Å²) in [4.78, 5) is 0. The van der Waals surface area contributed by atoms with Gasteiger partial charge >= 0.3 is 6.18 Å². The molecule has 1 aliphatic rings. The number of aromatic nitrogens is 2. The van der Waals surface area contributed by atoms with Crippen molar-refractivity contribution in [2.75, 3.05) is 0 Å². The van der Waals surface area contributed by atoms with Crippen molar-refractivity contribution >= 4 is 5.70 Å². The monoisotopic (exact) mass is 332 g/mol. The van der Waals surface area contributed by atoms with E-state index in [4.69, 9.17) is 0 Å². The summed E-state index contributed by atoms with van der Waals surface area (Å²) >= 11 is 0. The average Bonchev–Trinajstić information content (AvgIpc) is 2.93. The number of hydrogen-bond donors (Lipinski definition) is 0. The van der Waals surface area contributed by atoms with Gasteiger partial charge in [-0.1, -0.05) is 48.4 Å². The summed E-state index contributed by atoms with van der Waals surface area (Å²) in [6, 6.07) is 8.57. The summed E-state index contributed by atoms with van der Waals surface area (Å²) in [5.41, 5.74) is 3.39. The Balaban J connectivity index is 2.17. The molecule has 3 rings (SSSR count). The van der Waals surface area contributed by atoms with Crippen LogP contribution in [-0.2, 0) is 6.18 Å². The minimum atomic E-state index is -4.46. The molecule has 2 nitrogen and oxygen atoms in total. The molecule has 126 valence electrons. The molecule has 1 aliphatic carbocycles. The van der Waals surface area contributed by atoms with E-state index in [1.165, 1.54) is 10.3 Å². The fourth-order valence-electron chi connectivity index (χ4n) is 2.97. The number of alkyl halides is 3. The third kappa shape index (κ3) is 3.16. The highest BCUT2D eigenvalue weighted by molar-refractivity contribution is 5.67. The van der Waals surface area contributed by atoms with Crippen LogP contribution in [0.3, 0.4) is 0 Å². The predicted octanol–water partition coefficient (Wildman–Crippen LogP) is 5.70. The van der Waals surface area contributed by atoms with Gasteiger partial charge in [0.25, 0.3) is 0 Å². The summed E-state index contributed by atoms with van der Waals surface area (Å²) in [7, 11) is 0. The van der Waals surface area contributed by atoms with Crippen LogP contribution in [0.1, 0.15) is 31.5 Å². The van der Waals surface area contributed by atoms with E-state index in [0.29, 0.717) is 5.69 Å². The van der Waals surface area contributed by atoms with Gasteiger partial charge in [-0.25, -0.2) is 4.68 Å². The average molecular weight is 332 g/mol. The lowest BCUT2D eigenvalue weighted by molar-refractivity contribution is -0.141. The summed E-state index contributed by atoms with van der Waals surface area (Å²) in [5, 5.41) is 3.87. The van der Waals surface area contributed by atoms with E-state index in [-0.39, 0.29) is 5.92 Å². The van der Waals surface area contributed by atoms with Crippen molar-refractivity contribution in [3.05, 3.63) is 59.3 Å². The molecule has 24 heavy (non-hydrogen) atoms. The van der Waals surface area contributed by atoms with Gasteiger partial charge in [0.05, 0.1) is 5.69 Å². The van der Waals surface area contributed by atoms with Crippen molar-refractivity contribution in [1.82, 2.24) is 9.78 Å². The molecule has 0 radical (unpaired) electrons. The maximum atomic E-state index is 13.2. The third-order valence-electron chi connectivity index (χ3n) is 4.26. The van der Waals surface area contributed by atoms with E-state index in [1.807, 2.05) is 57.2 Å². The highest BCUT2D eigenvalue weighted by atomic mass is 19.4. The molecule has 1 heterocycles. The molecule has 2 aromatic rings. The van der Waals surface area contributed by atoms with Crippen LogP contribution in [0, 0.1) is 12.8 Å². The van der Waals surface area contributed by atoms with Crippen LogP contribution in [0.25, 0.3) is 17.0 Å². The first-order chi connectivity index (χ1) is 11.3. The number of rotatable bonds is 2. The molecule has 1 aromatic carbocycles. The molecule has 0 saturated heterocycles. The lowest BCUT2D eigenvalue weighted by Crippen LogP contribution is -2.13. The van der Waals surface area contributed by atoms with Crippen LogP contribution in [0.15, 0.2) is 48.1 Å². The number of benzene rings is 1. The molecule has 0 spiro atoms. The van der Waals surface area contributed by atoms with E-state index in [9.17, 15) is 13.2 Å². The van der Waals surface area contributed by atoms with Gasteiger partial charge < -0.3 is 0 Å². The summed E-state index contributed by atoms with van der Waals surface area (Å²) in [5.74, 6) is 0.111. The first-order valence-corrected chi connectivity index (χ1v) is 7.87. The number of allylic oxidation sites excluding steroid dienone is 4. The SMILES string of the molecule is CC1=CC=C(n2nc(C(F)(F)F)cc2-c2ccc(C)cc2)C(C)C1. The van der Waals surface area contributed by atoms with Crippen molar-refractivity contribution in [2.45, 2.75) is 33.4 Å². The van der Waals surface area contributed by atoms with Gasteiger partial charge in [-0.05, 0) is 32.4 Å². The fourth-order valence-corrected chi connectivity index (χ4v) is 2.97. The lowest BCUT2D eigenvalue weighted by atomic mass is 9.93. The van der Waals surface area contributed by atoms with Crippen LogP contribution >= 0.6 is 0 Å². The molecule has 5 heteroatoms. The second-order valence-corrected chi connectivity index (χ2v) is 6.40. The normalized spacial score (nSPS) is 18.3. The van der Waals surface area contributed by atoms with E-state index in [2.05, 4.69) is 5.10 Å². The van der Waals surface area contributed by atoms with Crippen molar-refractivity contribution in [2.24, 2.45) is 5.92 Å². The Morgan fingerprint density at radius 2 is 1.75 bits per heavy atom. The second kappa shape index (κ2) is 5.96. The maximum absolute atomic E-state index is 13.2. The Bertz CT molecular complexity index is 808. The summed E-state index contributed by atoms with van der Waals surface area (Å²) in [6.45, 7) is 5.98. The zero-order valence-corrected chi connectivity index (χ0v) is 13.9. The summed E-state index contributed by atoms with van der Waals surface area (Å²) in [6.07, 6.45) is 0.173. The molecule has 0 fully saturated rings. The fraction of sp³-hybridized carbons (Fsp3) is 0.316. The Hall–Kier alpha value is -2.30. The standard InChI is InChI=1S/C19H19F3N2/c1-12-4-7-15(8-5-12)17-11-18(19(20,21)22)23-24(17)16-9-6-13(2)10-14(16)3/h4-9,11,14H,10H2,1-3H3. The van der Waals surface area contributed by atoms with E-state index >= 15 is 0 Å². The first-order valence-electron chi connectivity index (χ1n) is 7.87. The van der Waals surface area contributed by atoms with Gasteiger partial charge in [-0.15, -0.1) is 0 Å². The van der Waals surface area contributed by atoms with Crippen molar-refractivity contribution in [3.63, 3.8) is 0 Å². The second-order valence-electron chi connectivity index (χ2n) is 6.40. The van der Waals surface area contributed by atoms with Crippen LogP contribution < -0.4 is 0 Å². The first kappa shape index (κ1) is 16.6. The lowest BCUT2D eigenvalue weighted by Gasteiger charge is -2.22. The maximum Gasteiger partial charge on any atom is 0.435 e. The third-order valence-corrected chi connectivity index (χ3v) is 4.26. The van der Waals surface area contributed by atoms with Crippen molar-refractivity contribution in [1.29, 1.82) is 0 Å². The van der Waals surface area contributed by atoms with E-state index in [1.54, 1.807) is 0 Å². The highest BCUT2D eigenvalue weighted by Crippen LogP contribution is 2.36. The number of aryl methyl sites for hydroxylation is 1. The van der Waals surface area contributed by atoms with Crippen LogP contribution in [0.4, 0.5) is 13.2 Å². The Morgan fingerprint density at radius 3 is 2.33 bits per heavy atom. The molecule has 0 amide bonds. The van der Waals surface area contributed by atoms with E-state index < -0.39 is 11.9 Å². The molecule has 0 N–H and O–H groups in total. The van der Waals surface area contributed by atoms with Crippen molar-refractivity contribution in [3.8, 4) is 11.3 Å². The van der Waals surface area contributed by atoms with Gasteiger partial charge in [-0.2, -0.15) is 18.3 Å². The Morgan fingerprint density at radius 1 is 1.08 bits per heavy atom. The van der Waals surface area contributed by atoms with Crippen LogP contribution in [-0.4, -0.2) is 9.78 Å². The quantitative estimate of drug-likeness (QED) is 0.689. The number of halogens is 3. The minimum Gasteiger partial charge on any atom is -0.236 e. The molecular formula is C19H19F3N2. The van der Waals surface area contributed by atoms with Crippen LogP contribution in [0.2, 0.25) is 0 Å².